The minimum Gasteiger partial charge on any atom is -0.493 e. The van der Waals surface area contributed by atoms with Crippen LogP contribution in [0.4, 0.5) is 18.9 Å². The lowest BCUT2D eigenvalue weighted by atomic mass is 10.1. The summed E-state index contributed by atoms with van der Waals surface area (Å²) in [4.78, 5) is 3.43. The van der Waals surface area contributed by atoms with E-state index in [1.807, 2.05) is 0 Å². The summed E-state index contributed by atoms with van der Waals surface area (Å²) >= 11 is 13.5. The monoisotopic (exact) mass is 512 g/mol. The first kappa shape index (κ1) is 23.5. The highest BCUT2D eigenvalue weighted by atomic mass is 35.5. The second kappa shape index (κ2) is 10.5. The van der Waals surface area contributed by atoms with Gasteiger partial charge >= 0.3 is 6.61 Å². The topological polar surface area (TPSA) is 46.3 Å². The number of fused-ring (bicyclic) bond motifs is 1. The lowest BCUT2D eigenvalue weighted by Crippen LogP contribution is -2.04. The molecule has 0 aliphatic heterocycles. The van der Waals surface area contributed by atoms with E-state index in [2.05, 4.69) is 14.4 Å². The van der Waals surface area contributed by atoms with Crippen molar-refractivity contribution >= 4 is 51.7 Å². The van der Waals surface area contributed by atoms with Crippen molar-refractivity contribution in [3.63, 3.8) is 0 Å². The van der Waals surface area contributed by atoms with Crippen LogP contribution in [0.1, 0.15) is 5.56 Å². The molecule has 4 aromatic rings. The summed E-state index contributed by atoms with van der Waals surface area (Å²) in [7, 11) is 0. The molecule has 0 aliphatic rings. The van der Waals surface area contributed by atoms with Crippen molar-refractivity contribution in [2.24, 2.45) is 0 Å². The minimum atomic E-state index is -2.88. The molecule has 0 aliphatic carbocycles. The Morgan fingerprint density at radius 1 is 1.00 bits per heavy atom. The number of hydrogen-bond acceptors (Lipinski definition) is 4. The number of rotatable bonds is 9. The lowest BCUT2D eigenvalue weighted by Gasteiger charge is -2.11. The maximum atomic E-state index is 14.6. The highest BCUT2D eigenvalue weighted by molar-refractivity contribution is 8.00. The summed E-state index contributed by atoms with van der Waals surface area (Å²) in [5.74, 6) is -0.00377. The lowest BCUT2D eigenvalue weighted by molar-refractivity contribution is -0.0498. The number of ether oxygens (including phenoxy) is 2. The normalized spacial score (nSPS) is 11.2. The predicted molar refractivity (Wildman–Crippen MR) is 126 cm³/mol. The van der Waals surface area contributed by atoms with E-state index >= 15 is 0 Å². The van der Waals surface area contributed by atoms with Crippen LogP contribution >= 0.6 is 35.1 Å². The van der Waals surface area contributed by atoms with Crippen molar-refractivity contribution in [2.75, 3.05) is 11.3 Å². The Kier molecular flexibility index (Phi) is 7.47. The van der Waals surface area contributed by atoms with E-state index in [-0.39, 0.29) is 12.4 Å². The Morgan fingerprint density at radius 2 is 1.85 bits per heavy atom. The summed E-state index contributed by atoms with van der Waals surface area (Å²) in [5.41, 5.74) is 2.20. The number of nitrogens with one attached hydrogen (secondary N) is 2. The van der Waals surface area contributed by atoms with Crippen molar-refractivity contribution in [2.45, 2.75) is 17.9 Å². The van der Waals surface area contributed by atoms with E-state index in [0.29, 0.717) is 38.2 Å². The van der Waals surface area contributed by atoms with E-state index in [1.54, 1.807) is 42.6 Å². The number of aromatic nitrogens is 1. The van der Waals surface area contributed by atoms with Gasteiger partial charge in [0.15, 0.2) is 0 Å². The Labute approximate surface area is 202 Å². The summed E-state index contributed by atoms with van der Waals surface area (Å²) in [6.45, 7) is -2.63. The van der Waals surface area contributed by atoms with Gasteiger partial charge in [-0.15, -0.1) is 0 Å². The van der Waals surface area contributed by atoms with Gasteiger partial charge in [-0.3, -0.25) is 0 Å². The van der Waals surface area contributed by atoms with Gasteiger partial charge in [0.1, 0.15) is 17.3 Å². The van der Waals surface area contributed by atoms with Gasteiger partial charge in [-0.05, 0) is 53.9 Å². The van der Waals surface area contributed by atoms with Crippen molar-refractivity contribution in [1.29, 1.82) is 0 Å². The highest BCUT2D eigenvalue weighted by Crippen LogP contribution is 2.36. The summed E-state index contributed by atoms with van der Waals surface area (Å²) in [6.07, 6.45) is 2.09. The number of benzene rings is 3. The average Bonchev–Trinajstić information content (AvgIpc) is 3.17. The number of halogens is 5. The Hall–Kier alpha value is -2.68. The molecule has 0 radical (unpaired) electrons. The fourth-order valence-electron chi connectivity index (χ4n) is 3.18. The number of aromatic amines is 1. The zero-order valence-electron chi connectivity index (χ0n) is 16.9. The molecule has 0 spiro atoms. The molecule has 0 atom stereocenters. The smallest absolute Gasteiger partial charge is 0.387 e. The van der Waals surface area contributed by atoms with Crippen LogP contribution in [0.25, 0.3) is 10.9 Å². The number of H-pyrrole nitrogens is 1. The molecule has 0 saturated heterocycles. The highest BCUT2D eigenvalue weighted by Gasteiger charge is 2.12. The second-order valence-corrected chi connectivity index (χ2v) is 8.56. The first-order valence-electron chi connectivity index (χ1n) is 9.75. The standard InChI is InChI=1S/C23H17Cl2F3N2O2S/c24-16-5-6-19(22-21(16)17(25)12-29-22)30-33-20-7-4-14(11-18(20)26)31-9-8-13-2-1-3-15(10-13)32-23(27)28/h1-7,10-12,23,29-30H,8-9H2. The summed E-state index contributed by atoms with van der Waals surface area (Å²) < 4.78 is 52.4. The fourth-order valence-corrected chi connectivity index (χ4v) is 4.42. The van der Waals surface area contributed by atoms with Crippen molar-refractivity contribution in [3.05, 3.63) is 82.2 Å². The van der Waals surface area contributed by atoms with Crippen LogP contribution in [-0.2, 0) is 6.42 Å². The molecule has 0 unspecified atom stereocenters. The van der Waals surface area contributed by atoms with Crippen molar-refractivity contribution < 1.29 is 22.6 Å². The first-order chi connectivity index (χ1) is 15.9. The van der Waals surface area contributed by atoms with Crippen molar-refractivity contribution in [1.82, 2.24) is 4.98 Å². The molecular formula is C23H17Cl2F3N2O2S. The number of hydrogen-bond donors (Lipinski definition) is 2. The molecular weight excluding hydrogens is 496 g/mol. The molecule has 0 amide bonds. The first-order valence-corrected chi connectivity index (χ1v) is 11.3. The molecule has 3 aromatic carbocycles. The maximum absolute atomic E-state index is 14.6. The zero-order valence-corrected chi connectivity index (χ0v) is 19.2. The van der Waals surface area contributed by atoms with Crippen LogP contribution in [-0.4, -0.2) is 18.2 Å². The SMILES string of the molecule is Fc1cc(OCCc2cccc(OC(F)F)c2)ccc1SNc1ccc(Cl)c2c(Cl)c[nH]c12. The molecule has 33 heavy (non-hydrogen) atoms. The van der Waals surface area contributed by atoms with Gasteiger partial charge in [0.25, 0.3) is 0 Å². The fraction of sp³-hybridized carbons (Fsp3) is 0.130. The summed E-state index contributed by atoms with van der Waals surface area (Å²) in [5, 5.41) is 1.72. The molecule has 172 valence electrons. The van der Waals surface area contributed by atoms with E-state index < -0.39 is 12.4 Å². The van der Waals surface area contributed by atoms with Gasteiger partial charge in [0, 0.05) is 24.1 Å². The number of alkyl halides is 2. The van der Waals surface area contributed by atoms with Gasteiger partial charge < -0.3 is 19.2 Å². The van der Waals surface area contributed by atoms with E-state index in [9.17, 15) is 13.2 Å². The number of anilines is 1. The Balaban J connectivity index is 1.35. The Bertz CT molecular complexity index is 1270. The quantitative estimate of drug-likeness (QED) is 0.223. The second-order valence-electron chi connectivity index (χ2n) is 6.90. The van der Waals surface area contributed by atoms with E-state index in [1.165, 1.54) is 18.2 Å². The van der Waals surface area contributed by atoms with E-state index in [4.69, 9.17) is 27.9 Å². The predicted octanol–water partition coefficient (Wildman–Crippen LogP) is 7.96. The molecule has 10 heteroatoms. The molecule has 0 bridgehead atoms. The largest absolute Gasteiger partial charge is 0.493 e. The molecule has 4 nitrogen and oxygen atoms in total. The Morgan fingerprint density at radius 3 is 2.64 bits per heavy atom. The molecule has 4 rings (SSSR count). The maximum Gasteiger partial charge on any atom is 0.387 e. The van der Waals surface area contributed by atoms with E-state index in [0.717, 1.165) is 23.0 Å². The van der Waals surface area contributed by atoms with Crippen LogP contribution in [0.2, 0.25) is 10.0 Å². The van der Waals surface area contributed by atoms with Crippen LogP contribution < -0.4 is 14.2 Å². The molecule has 0 saturated carbocycles. The summed E-state index contributed by atoms with van der Waals surface area (Å²) in [6, 6.07) is 14.4. The zero-order chi connectivity index (χ0) is 23.4. The van der Waals surface area contributed by atoms with Crippen LogP contribution in [0.5, 0.6) is 11.5 Å². The van der Waals surface area contributed by atoms with Gasteiger partial charge in [0.2, 0.25) is 0 Å². The molecule has 1 heterocycles. The third-order valence-corrected chi connectivity index (χ3v) is 6.18. The van der Waals surface area contributed by atoms with Gasteiger partial charge in [-0.2, -0.15) is 8.78 Å². The molecule has 2 N–H and O–H groups in total. The van der Waals surface area contributed by atoms with Gasteiger partial charge in [0.05, 0.1) is 32.8 Å². The van der Waals surface area contributed by atoms with Crippen LogP contribution in [0.15, 0.2) is 65.7 Å². The molecule has 0 fully saturated rings. The van der Waals surface area contributed by atoms with Gasteiger partial charge in [-0.1, -0.05) is 35.3 Å². The van der Waals surface area contributed by atoms with Crippen LogP contribution in [0.3, 0.4) is 0 Å². The van der Waals surface area contributed by atoms with Crippen LogP contribution in [0, 0.1) is 5.82 Å². The average molecular weight is 513 g/mol. The van der Waals surface area contributed by atoms with Gasteiger partial charge in [-0.25, -0.2) is 4.39 Å². The third kappa shape index (κ3) is 5.82. The van der Waals surface area contributed by atoms with Crippen molar-refractivity contribution in [3.8, 4) is 11.5 Å². The minimum absolute atomic E-state index is 0.0852. The molecule has 1 aromatic heterocycles. The third-order valence-electron chi connectivity index (χ3n) is 4.69.